The number of ether oxygens (including phenoxy) is 1. The van der Waals surface area contributed by atoms with Crippen LogP contribution in [0.3, 0.4) is 0 Å². The Morgan fingerprint density at radius 1 is 0.780 bits per heavy atom. The Labute approximate surface area is 237 Å². The van der Waals surface area contributed by atoms with Crippen LogP contribution in [0.2, 0.25) is 5.02 Å². The van der Waals surface area contributed by atoms with Crippen LogP contribution in [0, 0.1) is 5.82 Å². The second-order valence-electron chi connectivity index (χ2n) is 9.29. The van der Waals surface area contributed by atoms with Gasteiger partial charge in [0.2, 0.25) is 0 Å². The van der Waals surface area contributed by atoms with E-state index in [-0.39, 0.29) is 34.8 Å². The highest BCUT2D eigenvalue weighted by Crippen LogP contribution is 2.41. The van der Waals surface area contributed by atoms with Gasteiger partial charge >= 0.3 is 6.18 Å². The third-order valence-electron chi connectivity index (χ3n) is 6.53. The molecule has 4 nitrogen and oxygen atoms in total. The molecule has 0 spiro atoms. The van der Waals surface area contributed by atoms with Crippen LogP contribution >= 0.6 is 11.6 Å². The fraction of sp³-hybridized carbons (Fsp3) is 0.0625. The van der Waals surface area contributed by atoms with Gasteiger partial charge in [-0.25, -0.2) is 14.1 Å². The number of hydrogen-bond acceptors (Lipinski definition) is 3. The Morgan fingerprint density at radius 2 is 1.44 bits per heavy atom. The fourth-order valence-electron chi connectivity index (χ4n) is 4.52. The second kappa shape index (κ2) is 10.7. The molecule has 0 unspecified atom stereocenters. The van der Waals surface area contributed by atoms with Crippen molar-refractivity contribution in [3.63, 3.8) is 0 Å². The van der Waals surface area contributed by atoms with Crippen molar-refractivity contribution < 1.29 is 22.3 Å². The summed E-state index contributed by atoms with van der Waals surface area (Å²) in [7, 11) is 0. The van der Waals surface area contributed by atoms with E-state index < -0.39 is 11.7 Å². The molecule has 2 heterocycles. The third-order valence-corrected chi connectivity index (χ3v) is 6.78. The zero-order valence-corrected chi connectivity index (χ0v) is 22.0. The standard InChI is InChI=1S/C32H20ClF4N3O/c33-23-12-8-22(9-13-23)30-29-27(32(35,36)37)18-28(38-31(29)40(39-30)25-4-2-1-3-5-25)21-10-16-26(17-11-21)41-19-20-6-14-24(34)15-7-20/h1-18H,19H2. The number of para-hydroxylation sites is 1. The summed E-state index contributed by atoms with van der Waals surface area (Å²) in [5.74, 6) is 0.171. The smallest absolute Gasteiger partial charge is 0.417 e. The molecule has 0 aliphatic carbocycles. The van der Waals surface area contributed by atoms with Crippen LogP contribution in [0.4, 0.5) is 17.6 Å². The van der Waals surface area contributed by atoms with E-state index in [0.717, 1.165) is 11.6 Å². The van der Waals surface area contributed by atoms with Gasteiger partial charge in [-0.2, -0.15) is 18.3 Å². The van der Waals surface area contributed by atoms with Gasteiger partial charge in [0.25, 0.3) is 0 Å². The van der Waals surface area contributed by atoms with Gasteiger partial charge in [0, 0.05) is 16.1 Å². The summed E-state index contributed by atoms with van der Waals surface area (Å²) < 4.78 is 64.2. The molecule has 41 heavy (non-hydrogen) atoms. The number of benzene rings is 4. The van der Waals surface area contributed by atoms with E-state index in [1.165, 1.54) is 16.8 Å². The predicted octanol–water partition coefficient (Wildman–Crippen LogP) is 9.14. The number of nitrogens with zero attached hydrogens (tertiary/aromatic N) is 3. The minimum absolute atomic E-state index is 0.0719. The van der Waals surface area contributed by atoms with E-state index in [1.54, 1.807) is 84.9 Å². The largest absolute Gasteiger partial charge is 0.489 e. The van der Waals surface area contributed by atoms with Crippen molar-refractivity contribution in [1.82, 2.24) is 14.8 Å². The number of hydrogen-bond donors (Lipinski definition) is 0. The van der Waals surface area contributed by atoms with Gasteiger partial charge in [0.1, 0.15) is 23.9 Å². The number of rotatable bonds is 6. The Balaban J connectivity index is 1.46. The lowest BCUT2D eigenvalue weighted by atomic mass is 10.0. The molecular weight excluding hydrogens is 554 g/mol. The van der Waals surface area contributed by atoms with Crippen LogP contribution in [0.15, 0.2) is 109 Å². The molecule has 9 heteroatoms. The highest BCUT2D eigenvalue weighted by Gasteiger charge is 2.36. The molecule has 6 rings (SSSR count). The Kier molecular flexibility index (Phi) is 6.93. The molecule has 0 radical (unpaired) electrons. The van der Waals surface area contributed by atoms with Crippen molar-refractivity contribution in [2.75, 3.05) is 0 Å². The zero-order valence-electron chi connectivity index (χ0n) is 21.2. The monoisotopic (exact) mass is 573 g/mol. The lowest BCUT2D eigenvalue weighted by Crippen LogP contribution is -2.08. The quantitative estimate of drug-likeness (QED) is 0.187. The van der Waals surface area contributed by atoms with Crippen LogP contribution in [0.5, 0.6) is 5.75 Å². The maximum atomic E-state index is 14.6. The molecule has 4 aromatic carbocycles. The third kappa shape index (κ3) is 5.51. The van der Waals surface area contributed by atoms with Crippen LogP contribution in [-0.4, -0.2) is 14.8 Å². The van der Waals surface area contributed by atoms with Crippen molar-refractivity contribution in [2.24, 2.45) is 0 Å². The molecule has 6 aromatic rings. The molecule has 0 amide bonds. The van der Waals surface area contributed by atoms with Crippen LogP contribution in [0.1, 0.15) is 11.1 Å². The zero-order chi connectivity index (χ0) is 28.6. The van der Waals surface area contributed by atoms with Crippen molar-refractivity contribution in [1.29, 1.82) is 0 Å². The first-order valence-electron chi connectivity index (χ1n) is 12.6. The van der Waals surface area contributed by atoms with E-state index >= 15 is 0 Å². The fourth-order valence-corrected chi connectivity index (χ4v) is 4.64. The first kappa shape index (κ1) is 26.5. The summed E-state index contributed by atoms with van der Waals surface area (Å²) in [6.07, 6.45) is -4.68. The summed E-state index contributed by atoms with van der Waals surface area (Å²) in [5.41, 5.74) is 1.82. The summed E-state index contributed by atoms with van der Waals surface area (Å²) in [6, 6.07) is 29.0. The summed E-state index contributed by atoms with van der Waals surface area (Å²) in [4.78, 5) is 4.69. The van der Waals surface area contributed by atoms with Gasteiger partial charge in [0.05, 0.1) is 22.3 Å². The maximum absolute atomic E-state index is 14.6. The molecule has 0 bridgehead atoms. The molecule has 0 saturated heterocycles. The van der Waals surface area contributed by atoms with E-state index in [4.69, 9.17) is 16.3 Å². The lowest BCUT2D eigenvalue weighted by molar-refractivity contribution is -0.136. The maximum Gasteiger partial charge on any atom is 0.417 e. The Hall–Kier alpha value is -4.69. The first-order chi connectivity index (χ1) is 19.8. The van der Waals surface area contributed by atoms with Crippen LogP contribution in [-0.2, 0) is 12.8 Å². The van der Waals surface area contributed by atoms with Crippen molar-refractivity contribution in [2.45, 2.75) is 12.8 Å². The number of fused-ring (bicyclic) bond motifs is 1. The Bertz CT molecular complexity index is 1820. The van der Waals surface area contributed by atoms with Crippen molar-refractivity contribution in [3.05, 3.63) is 131 Å². The van der Waals surface area contributed by atoms with E-state index in [2.05, 4.69) is 10.1 Å². The number of alkyl halides is 3. The lowest BCUT2D eigenvalue weighted by Gasteiger charge is -2.13. The normalized spacial score (nSPS) is 11.6. The van der Waals surface area contributed by atoms with Crippen LogP contribution < -0.4 is 4.74 Å². The van der Waals surface area contributed by atoms with E-state index in [1.807, 2.05) is 6.07 Å². The minimum atomic E-state index is -4.68. The molecule has 0 N–H and O–H groups in total. The highest BCUT2D eigenvalue weighted by atomic mass is 35.5. The van der Waals surface area contributed by atoms with E-state index in [0.29, 0.717) is 27.6 Å². The molecule has 0 aliphatic heterocycles. The average molecular weight is 574 g/mol. The Morgan fingerprint density at radius 3 is 2.10 bits per heavy atom. The van der Waals surface area contributed by atoms with Gasteiger partial charge < -0.3 is 4.74 Å². The van der Waals surface area contributed by atoms with Crippen molar-refractivity contribution >= 4 is 22.6 Å². The van der Waals surface area contributed by atoms with Gasteiger partial charge in [-0.15, -0.1) is 0 Å². The van der Waals surface area contributed by atoms with E-state index in [9.17, 15) is 17.6 Å². The second-order valence-corrected chi connectivity index (χ2v) is 9.73. The van der Waals surface area contributed by atoms with Crippen molar-refractivity contribution in [3.8, 4) is 34.0 Å². The predicted molar refractivity (Wildman–Crippen MR) is 150 cm³/mol. The number of pyridine rings is 1. The molecule has 2 aromatic heterocycles. The SMILES string of the molecule is Fc1ccc(COc2ccc(-c3cc(C(F)(F)F)c4c(-c5ccc(Cl)cc5)nn(-c5ccccc5)c4n3)cc2)cc1. The molecule has 0 saturated carbocycles. The molecule has 0 aliphatic rings. The average Bonchev–Trinajstić information content (AvgIpc) is 3.36. The first-order valence-corrected chi connectivity index (χ1v) is 12.9. The molecule has 0 fully saturated rings. The highest BCUT2D eigenvalue weighted by molar-refractivity contribution is 6.30. The topological polar surface area (TPSA) is 39.9 Å². The molecule has 204 valence electrons. The minimum Gasteiger partial charge on any atom is -0.489 e. The molecular formula is C32H20ClF4N3O. The number of aromatic nitrogens is 3. The van der Waals surface area contributed by atoms with Gasteiger partial charge in [-0.05, 0) is 72.3 Å². The summed E-state index contributed by atoms with van der Waals surface area (Å²) in [6.45, 7) is 0.214. The van der Waals surface area contributed by atoms with Crippen LogP contribution in [0.25, 0.3) is 39.2 Å². The summed E-state index contributed by atoms with van der Waals surface area (Å²) >= 11 is 6.04. The van der Waals surface area contributed by atoms with Gasteiger partial charge in [-0.1, -0.05) is 54.1 Å². The molecule has 0 atom stereocenters. The number of halogens is 5. The summed E-state index contributed by atoms with van der Waals surface area (Å²) in [5, 5.41) is 4.96. The van der Waals surface area contributed by atoms with Gasteiger partial charge in [-0.3, -0.25) is 0 Å². The van der Waals surface area contributed by atoms with Gasteiger partial charge in [0.15, 0.2) is 5.65 Å².